The summed E-state index contributed by atoms with van der Waals surface area (Å²) in [6, 6.07) is 13.7. The maximum atomic E-state index is 9.90. The zero-order chi connectivity index (χ0) is 22.7. The molecule has 0 saturated carbocycles. The number of aromatic nitrogens is 5. The van der Waals surface area contributed by atoms with Crippen molar-refractivity contribution in [2.75, 3.05) is 10.7 Å². The van der Waals surface area contributed by atoms with Gasteiger partial charge in [-0.2, -0.15) is 25.2 Å². The third-order valence-electron chi connectivity index (χ3n) is 4.31. The van der Waals surface area contributed by atoms with Gasteiger partial charge in [-0.1, -0.05) is 15.9 Å². The van der Waals surface area contributed by atoms with Gasteiger partial charge in [0, 0.05) is 27.5 Å². The van der Waals surface area contributed by atoms with Crippen molar-refractivity contribution in [3.8, 4) is 17.4 Å². The second-order valence-corrected chi connectivity index (χ2v) is 7.78. The maximum Gasteiger partial charge on any atom is 0.257 e. The molecule has 162 valence electrons. The van der Waals surface area contributed by atoms with Gasteiger partial charge in [0.2, 0.25) is 11.9 Å². The molecule has 2 heterocycles. The summed E-state index contributed by atoms with van der Waals surface area (Å²) in [5.41, 5.74) is 5.66. The van der Waals surface area contributed by atoms with E-state index in [0.29, 0.717) is 17.5 Å². The van der Waals surface area contributed by atoms with Crippen LogP contribution in [-0.4, -0.2) is 41.2 Å². The average Bonchev–Trinajstić information content (AvgIpc) is 3.09. The quantitative estimate of drug-likeness (QED) is 0.233. The Morgan fingerprint density at radius 2 is 1.72 bits per heavy atom. The van der Waals surface area contributed by atoms with Crippen LogP contribution < -0.4 is 10.7 Å². The number of aromatic hydroxyl groups is 2. The van der Waals surface area contributed by atoms with Gasteiger partial charge in [0.15, 0.2) is 0 Å². The molecule has 0 unspecified atom stereocenters. The smallest absolute Gasteiger partial charge is 0.257 e. The second kappa shape index (κ2) is 9.02. The summed E-state index contributed by atoms with van der Waals surface area (Å²) in [6.45, 7) is 3.80. The fraction of sp³-hybridized carbons (Fsp3) is 0.0952. The number of halogens is 1. The number of aryl methyl sites for hydroxylation is 2. The van der Waals surface area contributed by atoms with E-state index in [4.69, 9.17) is 0 Å². The molecule has 0 bridgehead atoms. The summed E-state index contributed by atoms with van der Waals surface area (Å²) in [5, 5.41) is 31.0. The number of rotatable bonds is 6. The largest absolute Gasteiger partial charge is 0.508 e. The molecule has 0 amide bonds. The van der Waals surface area contributed by atoms with Crippen molar-refractivity contribution in [1.29, 1.82) is 0 Å². The molecule has 2 aromatic carbocycles. The summed E-state index contributed by atoms with van der Waals surface area (Å²) >= 11 is 3.41. The highest BCUT2D eigenvalue weighted by atomic mass is 79.9. The molecular formula is C21H19BrN8O2. The van der Waals surface area contributed by atoms with Crippen LogP contribution in [0.1, 0.15) is 17.0 Å². The summed E-state index contributed by atoms with van der Waals surface area (Å²) in [5.74, 6) is 0.650. The highest BCUT2D eigenvalue weighted by Crippen LogP contribution is 2.21. The van der Waals surface area contributed by atoms with E-state index >= 15 is 0 Å². The molecule has 0 aliphatic heterocycles. The van der Waals surface area contributed by atoms with Crippen molar-refractivity contribution in [1.82, 2.24) is 24.7 Å². The average molecular weight is 495 g/mol. The van der Waals surface area contributed by atoms with E-state index in [1.807, 2.05) is 44.2 Å². The molecule has 0 spiro atoms. The maximum absolute atomic E-state index is 9.90. The fourth-order valence-electron chi connectivity index (χ4n) is 2.86. The lowest BCUT2D eigenvalue weighted by Gasteiger charge is -2.09. The van der Waals surface area contributed by atoms with Crippen molar-refractivity contribution in [2.45, 2.75) is 13.8 Å². The predicted octanol–water partition coefficient (Wildman–Crippen LogP) is 4.04. The third-order valence-corrected chi connectivity index (χ3v) is 4.83. The SMILES string of the molecule is Cc1cc(C)n(-c2nc(N/N=C\c3ccc(O)cc3O)nc(Nc3ccc(Br)cc3)n2)n1. The van der Waals surface area contributed by atoms with Crippen LogP contribution >= 0.6 is 15.9 Å². The number of nitrogens with one attached hydrogen (secondary N) is 2. The molecule has 0 atom stereocenters. The first-order chi connectivity index (χ1) is 15.4. The Morgan fingerprint density at radius 3 is 2.41 bits per heavy atom. The Morgan fingerprint density at radius 1 is 0.969 bits per heavy atom. The number of nitrogens with zero attached hydrogens (tertiary/aromatic N) is 6. The summed E-state index contributed by atoms with van der Waals surface area (Å²) < 4.78 is 2.57. The van der Waals surface area contributed by atoms with E-state index in [1.54, 1.807) is 4.68 Å². The molecule has 2 aromatic heterocycles. The molecule has 4 aromatic rings. The van der Waals surface area contributed by atoms with E-state index in [2.05, 4.69) is 51.8 Å². The zero-order valence-electron chi connectivity index (χ0n) is 17.2. The minimum atomic E-state index is -0.105. The molecule has 0 aliphatic carbocycles. The Bertz CT molecular complexity index is 1290. The third kappa shape index (κ3) is 5.01. The summed E-state index contributed by atoms with van der Waals surface area (Å²) in [6.07, 6.45) is 1.39. The number of anilines is 3. The lowest BCUT2D eigenvalue weighted by atomic mass is 10.2. The van der Waals surface area contributed by atoms with Gasteiger partial charge >= 0.3 is 0 Å². The van der Waals surface area contributed by atoms with Crippen LogP contribution in [0.25, 0.3) is 5.95 Å². The molecule has 4 N–H and O–H groups in total. The van der Waals surface area contributed by atoms with Crippen LogP contribution in [0.3, 0.4) is 0 Å². The van der Waals surface area contributed by atoms with Gasteiger partial charge in [-0.15, -0.1) is 0 Å². The van der Waals surface area contributed by atoms with Crippen LogP contribution in [-0.2, 0) is 0 Å². The molecular weight excluding hydrogens is 476 g/mol. The number of hydrazone groups is 1. The van der Waals surface area contributed by atoms with Crippen LogP contribution in [0.15, 0.2) is 58.1 Å². The minimum Gasteiger partial charge on any atom is -0.508 e. The zero-order valence-corrected chi connectivity index (χ0v) is 18.7. The molecule has 10 nitrogen and oxygen atoms in total. The first-order valence-electron chi connectivity index (χ1n) is 9.51. The lowest BCUT2D eigenvalue weighted by Crippen LogP contribution is -2.11. The van der Waals surface area contributed by atoms with Gasteiger partial charge in [-0.05, 0) is 56.3 Å². The van der Waals surface area contributed by atoms with Crippen molar-refractivity contribution in [3.63, 3.8) is 0 Å². The van der Waals surface area contributed by atoms with E-state index in [1.165, 1.54) is 24.4 Å². The van der Waals surface area contributed by atoms with Crippen molar-refractivity contribution >= 4 is 39.7 Å². The van der Waals surface area contributed by atoms with Crippen LogP contribution in [0.5, 0.6) is 11.5 Å². The molecule has 0 saturated heterocycles. The molecule has 0 fully saturated rings. The molecule has 0 aliphatic rings. The van der Waals surface area contributed by atoms with Crippen molar-refractivity contribution in [2.24, 2.45) is 5.10 Å². The highest BCUT2D eigenvalue weighted by molar-refractivity contribution is 9.10. The number of phenols is 2. The normalized spacial score (nSPS) is 11.1. The second-order valence-electron chi connectivity index (χ2n) is 6.87. The van der Waals surface area contributed by atoms with Crippen LogP contribution in [0, 0.1) is 13.8 Å². The minimum absolute atomic E-state index is 0.0386. The number of benzene rings is 2. The molecule has 11 heteroatoms. The van der Waals surface area contributed by atoms with Crippen LogP contribution in [0.2, 0.25) is 0 Å². The Hall–Kier alpha value is -3.99. The van der Waals surface area contributed by atoms with Gasteiger partial charge in [0.05, 0.1) is 11.9 Å². The molecule has 4 rings (SSSR count). The topological polar surface area (TPSA) is 133 Å². The van der Waals surface area contributed by atoms with Gasteiger partial charge < -0.3 is 15.5 Å². The lowest BCUT2D eigenvalue weighted by molar-refractivity contribution is 0.450. The number of hydrogen-bond donors (Lipinski definition) is 4. The molecule has 32 heavy (non-hydrogen) atoms. The van der Waals surface area contributed by atoms with E-state index in [0.717, 1.165) is 21.5 Å². The standard InChI is InChI=1S/C21H19BrN8O2/c1-12-9-13(2)30(29-12)21-26-19(24-16-6-4-15(22)5-7-16)25-20(27-21)28-23-11-14-3-8-17(31)10-18(14)32/h3-11,31-32H,1-2H3,(H2,24,25,26,27,28)/b23-11-. The highest BCUT2D eigenvalue weighted by Gasteiger charge is 2.12. The van der Waals surface area contributed by atoms with Gasteiger partial charge in [0.25, 0.3) is 5.95 Å². The first-order valence-corrected chi connectivity index (χ1v) is 10.3. The number of hydrogen-bond acceptors (Lipinski definition) is 9. The summed E-state index contributed by atoms with van der Waals surface area (Å²) in [7, 11) is 0. The van der Waals surface area contributed by atoms with Crippen molar-refractivity contribution < 1.29 is 10.2 Å². The molecule has 0 radical (unpaired) electrons. The van der Waals surface area contributed by atoms with E-state index in [9.17, 15) is 10.2 Å². The van der Waals surface area contributed by atoms with Gasteiger partial charge in [-0.25, -0.2) is 10.1 Å². The monoisotopic (exact) mass is 494 g/mol. The Balaban J connectivity index is 1.65. The fourth-order valence-corrected chi connectivity index (χ4v) is 3.12. The Kier molecular flexibility index (Phi) is 5.99. The van der Waals surface area contributed by atoms with Crippen LogP contribution in [0.4, 0.5) is 17.6 Å². The van der Waals surface area contributed by atoms with Gasteiger partial charge in [-0.3, -0.25) is 0 Å². The summed E-state index contributed by atoms with van der Waals surface area (Å²) in [4.78, 5) is 13.3. The van der Waals surface area contributed by atoms with E-state index in [-0.39, 0.29) is 17.4 Å². The van der Waals surface area contributed by atoms with E-state index < -0.39 is 0 Å². The Labute approximate surface area is 191 Å². The van der Waals surface area contributed by atoms with Crippen molar-refractivity contribution in [3.05, 3.63) is 70.0 Å². The predicted molar refractivity (Wildman–Crippen MR) is 125 cm³/mol. The number of phenolic OH excluding ortho intramolecular Hbond substituents is 2. The van der Waals surface area contributed by atoms with Gasteiger partial charge in [0.1, 0.15) is 11.5 Å². The first kappa shape index (κ1) is 21.2.